The normalized spacial score (nSPS) is 12.7. The van der Waals surface area contributed by atoms with Gasteiger partial charge < -0.3 is 4.90 Å². The number of anilines is 3. The van der Waals surface area contributed by atoms with E-state index in [1.165, 1.54) is 62.9 Å². The van der Waals surface area contributed by atoms with Gasteiger partial charge in [0.25, 0.3) is 0 Å². The number of hydrogen-bond acceptors (Lipinski definition) is 1. The molecule has 0 radical (unpaired) electrons. The molecule has 1 aliphatic carbocycles. The second-order valence-electron chi connectivity index (χ2n) is 11.8. The van der Waals surface area contributed by atoms with Crippen LogP contribution in [0.1, 0.15) is 42.9 Å². The van der Waals surface area contributed by atoms with Crippen molar-refractivity contribution in [2.45, 2.75) is 39.0 Å². The highest BCUT2D eigenvalue weighted by atomic mass is 15.1. The average molecular weight is 556 g/mol. The molecule has 43 heavy (non-hydrogen) atoms. The lowest BCUT2D eigenvalue weighted by atomic mass is 9.86. The molecule has 1 atom stereocenters. The van der Waals surface area contributed by atoms with E-state index in [-0.39, 0.29) is 0 Å². The van der Waals surface area contributed by atoms with Crippen molar-refractivity contribution in [3.05, 3.63) is 162 Å². The predicted molar refractivity (Wildman–Crippen MR) is 184 cm³/mol. The smallest absolute Gasteiger partial charge is 0.0462 e. The highest BCUT2D eigenvalue weighted by Crippen LogP contribution is 2.38. The molecular weight excluding hydrogens is 518 g/mol. The molecule has 7 rings (SSSR count). The Balaban J connectivity index is 1.22. The van der Waals surface area contributed by atoms with Crippen LogP contribution in [-0.4, -0.2) is 0 Å². The Bertz CT molecular complexity index is 1810. The molecule has 0 amide bonds. The zero-order valence-electron chi connectivity index (χ0n) is 25.0. The molecule has 0 heterocycles. The van der Waals surface area contributed by atoms with E-state index in [0.717, 1.165) is 23.5 Å². The van der Waals surface area contributed by atoms with Gasteiger partial charge in [0.1, 0.15) is 0 Å². The van der Waals surface area contributed by atoms with Gasteiger partial charge >= 0.3 is 0 Å². The highest BCUT2D eigenvalue weighted by molar-refractivity contribution is 5.81. The Morgan fingerprint density at radius 2 is 0.884 bits per heavy atom. The maximum atomic E-state index is 2.36. The maximum absolute atomic E-state index is 2.36. The molecule has 6 aromatic carbocycles. The Hall–Kier alpha value is -4.88. The van der Waals surface area contributed by atoms with E-state index in [4.69, 9.17) is 0 Å². The lowest BCUT2D eigenvalue weighted by Crippen LogP contribution is -2.10. The Morgan fingerprint density at radius 1 is 0.465 bits per heavy atom. The van der Waals surface area contributed by atoms with E-state index in [1.54, 1.807) is 0 Å². The van der Waals surface area contributed by atoms with Crippen molar-refractivity contribution in [2.24, 2.45) is 0 Å². The molecule has 0 aromatic heterocycles. The first-order chi connectivity index (χ1) is 21.2. The third-order valence-corrected chi connectivity index (χ3v) is 9.11. The van der Waals surface area contributed by atoms with Crippen molar-refractivity contribution in [1.82, 2.24) is 0 Å². The van der Waals surface area contributed by atoms with Gasteiger partial charge in [-0.15, -0.1) is 0 Å². The van der Waals surface area contributed by atoms with E-state index < -0.39 is 0 Å². The summed E-state index contributed by atoms with van der Waals surface area (Å²) < 4.78 is 0. The minimum atomic E-state index is 0.586. The van der Waals surface area contributed by atoms with E-state index in [9.17, 15) is 0 Å². The minimum absolute atomic E-state index is 0.586. The van der Waals surface area contributed by atoms with Crippen molar-refractivity contribution in [3.8, 4) is 33.4 Å². The fourth-order valence-corrected chi connectivity index (χ4v) is 6.10. The monoisotopic (exact) mass is 555 g/mol. The van der Waals surface area contributed by atoms with Gasteiger partial charge in [-0.3, -0.25) is 0 Å². The van der Waals surface area contributed by atoms with E-state index in [2.05, 4.69) is 164 Å². The van der Waals surface area contributed by atoms with Gasteiger partial charge in [0.05, 0.1) is 0 Å². The fourth-order valence-electron chi connectivity index (χ4n) is 6.10. The molecule has 0 N–H and O–H groups in total. The van der Waals surface area contributed by atoms with Gasteiger partial charge in [0.15, 0.2) is 0 Å². The van der Waals surface area contributed by atoms with Crippen LogP contribution in [0.15, 0.2) is 146 Å². The molecule has 0 spiro atoms. The maximum Gasteiger partial charge on any atom is 0.0462 e. The molecule has 0 bridgehead atoms. The number of nitrogens with zero attached hydrogens (tertiary/aromatic N) is 1. The van der Waals surface area contributed by atoms with Gasteiger partial charge in [-0.1, -0.05) is 123 Å². The average Bonchev–Trinajstić information content (AvgIpc) is 3.07. The van der Waals surface area contributed by atoms with Crippen LogP contribution in [-0.2, 0) is 12.8 Å². The second-order valence-corrected chi connectivity index (χ2v) is 11.8. The quantitative estimate of drug-likeness (QED) is 0.180. The summed E-state index contributed by atoms with van der Waals surface area (Å²) in [7, 11) is 0. The Kier molecular flexibility index (Phi) is 7.39. The summed E-state index contributed by atoms with van der Waals surface area (Å²) in [5.74, 6) is 0.586. The van der Waals surface area contributed by atoms with Crippen LogP contribution in [0.2, 0.25) is 0 Å². The molecule has 6 aromatic rings. The summed E-state index contributed by atoms with van der Waals surface area (Å²) in [4.78, 5) is 2.35. The highest BCUT2D eigenvalue weighted by Gasteiger charge is 2.16. The molecule has 0 aliphatic heterocycles. The number of aryl methyl sites for hydroxylation is 2. The molecule has 1 heteroatoms. The van der Waals surface area contributed by atoms with E-state index in [1.807, 2.05) is 0 Å². The summed E-state index contributed by atoms with van der Waals surface area (Å²) in [6.45, 7) is 4.54. The van der Waals surface area contributed by atoms with Crippen LogP contribution in [0.5, 0.6) is 0 Å². The first kappa shape index (κ1) is 27.0. The van der Waals surface area contributed by atoms with E-state index in [0.29, 0.717) is 5.92 Å². The second kappa shape index (κ2) is 11.8. The third kappa shape index (κ3) is 5.51. The summed E-state index contributed by atoms with van der Waals surface area (Å²) in [6.07, 6.45) is 3.57. The molecule has 0 saturated heterocycles. The molecular formula is C42H37N. The van der Waals surface area contributed by atoms with Crippen molar-refractivity contribution >= 4 is 17.1 Å². The van der Waals surface area contributed by atoms with Crippen molar-refractivity contribution in [2.75, 3.05) is 4.90 Å². The summed E-state index contributed by atoms with van der Waals surface area (Å²) in [5, 5.41) is 0. The summed E-state index contributed by atoms with van der Waals surface area (Å²) in [5.41, 5.74) is 15.3. The van der Waals surface area contributed by atoms with Crippen LogP contribution in [0.25, 0.3) is 33.4 Å². The SMILES string of the molecule is CCC(C)c1ccc(-c2ccc(N(c3ccc(-c4ccccc4)cc3)c3ccc(-c4ccc5c(c4)CC5)cc3)cc2)cc1. The molecule has 210 valence electrons. The first-order valence-electron chi connectivity index (χ1n) is 15.5. The Labute approximate surface area is 256 Å². The number of hydrogen-bond donors (Lipinski definition) is 0. The third-order valence-electron chi connectivity index (χ3n) is 9.11. The lowest BCUT2D eigenvalue weighted by molar-refractivity contribution is 0.734. The molecule has 1 nitrogen and oxygen atoms in total. The lowest BCUT2D eigenvalue weighted by Gasteiger charge is -2.26. The fraction of sp³-hybridized carbons (Fsp3) is 0.143. The van der Waals surface area contributed by atoms with E-state index >= 15 is 0 Å². The predicted octanol–water partition coefficient (Wildman–Crippen LogP) is 11.8. The molecule has 1 aliphatic rings. The van der Waals surface area contributed by atoms with Crippen LogP contribution < -0.4 is 4.90 Å². The van der Waals surface area contributed by atoms with Gasteiger partial charge in [0.2, 0.25) is 0 Å². The van der Waals surface area contributed by atoms with Gasteiger partial charge in [-0.25, -0.2) is 0 Å². The van der Waals surface area contributed by atoms with Gasteiger partial charge in [-0.05, 0) is 112 Å². The standard InChI is InChI=1S/C42H37N/c1-3-30(2)31-9-11-33(12-10-31)35-19-25-41(26-20-35)43(40-23-17-34(18-24-40)32-7-5-4-6-8-32)42-27-21-37(22-28-42)39-16-14-36-13-15-38(36)29-39/h4-12,14,16-30H,3,13,15H2,1-2H3. The summed E-state index contributed by atoms with van der Waals surface area (Å²) >= 11 is 0. The molecule has 0 fully saturated rings. The minimum Gasteiger partial charge on any atom is -0.311 e. The zero-order valence-corrected chi connectivity index (χ0v) is 25.0. The number of rotatable bonds is 8. The van der Waals surface area contributed by atoms with Gasteiger partial charge in [0, 0.05) is 17.1 Å². The summed E-state index contributed by atoms with van der Waals surface area (Å²) in [6, 6.07) is 53.5. The van der Waals surface area contributed by atoms with Crippen LogP contribution in [0.4, 0.5) is 17.1 Å². The largest absolute Gasteiger partial charge is 0.311 e. The van der Waals surface area contributed by atoms with Crippen molar-refractivity contribution < 1.29 is 0 Å². The topological polar surface area (TPSA) is 3.24 Å². The van der Waals surface area contributed by atoms with Crippen LogP contribution >= 0.6 is 0 Å². The van der Waals surface area contributed by atoms with Crippen molar-refractivity contribution in [1.29, 1.82) is 0 Å². The van der Waals surface area contributed by atoms with Crippen LogP contribution in [0, 0.1) is 0 Å². The first-order valence-corrected chi connectivity index (χ1v) is 15.5. The Morgan fingerprint density at radius 3 is 1.33 bits per heavy atom. The van der Waals surface area contributed by atoms with Crippen LogP contribution in [0.3, 0.4) is 0 Å². The van der Waals surface area contributed by atoms with Gasteiger partial charge in [-0.2, -0.15) is 0 Å². The van der Waals surface area contributed by atoms with Crippen molar-refractivity contribution in [3.63, 3.8) is 0 Å². The molecule has 0 saturated carbocycles. The molecule has 1 unspecified atom stereocenters. The number of fused-ring (bicyclic) bond motifs is 1. The zero-order chi connectivity index (χ0) is 29.2. The number of benzene rings is 6.